The average molecular weight is 426 g/mol. The summed E-state index contributed by atoms with van der Waals surface area (Å²) in [4.78, 5) is 24.1. The molecule has 0 aromatic heterocycles. The second kappa shape index (κ2) is 10.2. The zero-order valence-corrected chi connectivity index (χ0v) is 16.4. The van der Waals surface area contributed by atoms with E-state index in [9.17, 15) is 18.4 Å². The van der Waals surface area contributed by atoms with E-state index in [2.05, 4.69) is 29.0 Å². The van der Waals surface area contributed by atoms with Gasteiger partial charge in [0.15, 0.2) is 0 Å². The molecule has 0 saturated carbocycles. The van der Waals surface area contributed by atoms with Gasteiger partial charge in [-0.2, -0.15) is 0 Å². The van der Waals surface area contributed by atoms with Gasteiger partial charge < -0.3 is 16.8 Å². The van der Waals surface area contributed by atoms with Gasteiger partial charge in [-0.25, -0.2) is 14.3 Å². The molecular weight excluding hydrogens is 406 g/mol. The predicted molar refractivity (Wildman–Crippen MR) is 111 cm³/mol. The first kappa shape index (κ1) is 23.4. The number of anilines is 1. The molecule has 0 aliphatic carbocycles. The van der Waals surface area contributed by atoms with Crippen molar-refractivity contribution in [3.8, 4) is 23.7 Å². The Morgan fingerprint density at radius 1 is 1.06 bits per heavy atom. The first-order valence-electron chi connectivity index (χ1n) is 8.95. The highest BCUT2D eigenvalue weighted by Gasteiger charge is 2.44. The van der Waals surface area contributed by atoms with Gasteiger partial charge in [0.25, 0.3) is 18.2 Å². The molecule has 0 bridgehead atoms. The van der Waals surface area contributed by atoms with Crippen LogP contribution in [0.4, 0.5) is 14.5 Å². The van der Waals surface area contributed by atoms with Gasteiger partial charge in [-0.05, 0) is 55.2 Å². The molecule has 0 heterocycles. The fourth-order valence-electron chi connectivity index (χ4n) is 2.43. The van der Waals surface area contributed by atoms with Gasteiger partial charge in [0.1, 0.15) is 11.6 Å². The van der Waals surface area contributed by atoms with Crippen molar-refractivity contribution in [1.82, 2.24) is 10.8 Å². The van der Waals surface area contributed by atoms with Gasteiger partial charge in [0.2, 0.25) is 0 Å². The van der Waals surface area contributed by atoms with E-state index in [0.717, 1.165) is 6.92 Å². The number of carbonyl (C=O) groups excluding carboxylic acids is 2. The van der Waals surface area contributed by atoms with E-state index in [1.807, 2.05) is 0 Å². The highest BCUT2D eigenvalue weighted by molar-refractivity contribution is 5.98. The molecule has 0 spiro atoms. The molecule has 0 saturated heterocycles. The standard InChI is InChI=1S/C22H20F2N4O3/c1-22(26,21(23)24)18(20(30)28-31)27-19(29)16-12-10-14(11-13-16)6-2-3-7-15-8-4-5-9-17(15)25/h4-5,8-13,18,21,31H,25-26H2,1H3,(H,27,29)(H,28,30)/t18-,22+/m1/s1. The summed E-state index contributed by atoms with van der Waals surface area (Å²) in [6.45, 7) is 0.890. The molecule has 2 aromatic carbocycles. The third-order valence-corrected chi connectivity index (χ3v) is 4.31. The van der Waals surface area contributed by atoms with Crippen LogP contribution in [0.25, 0.3) is 0 Å². The lowest BCUT2D eigenvalue weighted by Gasteiger charge is -2.32. The van der Waals surface area contributed by atoms with Crippen molar-refractivity contribution < 1.29 is 23.6 Å². The number of alkyl halides is 2. The summed E-state index contributed by atoms with van der Waals surface area (Å²) < 4.78 is 26.3. The maximum atomic E-state index is 13.2. The maximum absolute atomic E-state index is 13.2. The number of nitrogen functional groups attached to an aromatic ring is 1. The van der Waals surface area contributed by atoms with Gasteiger partial charge in [-0.1, -0.05) is 24.0 Å². The molecule has 160 valence electrons. The SMILES string of the molecule is C[C@@](N)(C(F)F)[C@H](NC(=O)c1ccc(C#CC#Cc2ccccc2N)cc1)C(=O)NO. The van der Waals surface area contributed by atoms with Crippen molar-refractivity contribution in [2.24, 2.45) is 5.73 Å². The molecule has 7 N–H and O–H groups in total. The summed E-state index contributed by atoms with van der Waals surface area (Å²) in [5.74, 6) is 8.87. The fraction of sp³-hybridized carbons (Fsp3) is 0.182. The lowest BCUT2D eigenvalue weighted by atomic mass is 9.92. The Labute approximate surface area is 177 Å². The van der Waals surface area contributed by atoms with Crippen molar-refractivity contribution in [2.75, 3.05) is 5.73 Å². The molecule has 0 radical (unpaired) electrons. The number of hydrogen-bond acceptors (Lipinski definition) is 5. The topological polar surface area (TPSA) is 130 Å². The van der Waals surface area contributed by atoms with Crippen LogP contribution in [-0.2, 0) is 4.79 Å². The van der Waals surface area contributed by atoms with E-state index in [1.165, 1.54) is 29.7 Å². The Morgan fingerprint density at radius 2 is 1.68 bits per heavy atom. The number of benzene rings is 2. The minimum absolute atomic E-state index is 0.0782. The second-order valence-electron chi connectivity index (χ2n) is 6.71. The molecule has 0 aliphatic rings. The summed E-state index contributed by atoms with van der Waals surface area (Å²) in [6.07, 6.45) is -3.14. The van der Waals surface area contributed by atoms with Crippen molar-refractivity contribution in [3.63, 3.8) is 0 Å². The molecule has 0 unspecified atom stereocenters. The maximum Gasteiger partial charge on any atom is 0.268 e. The molecule has 9 heteroatoms. The van der Waals surface area contributed by atoms with Crippen molar-refractivity contribution in [3.05, 3.63) is 65.2 Å². The molecule has 7 nitrogen and oxygen atoms in total. The predicted octanol–water partition coefficient (Wildman–Crippen LogP) is 1.26. The van der Waals surface area contributed by atoms with Crippen molar-refractivity contribution >= 4 is 17.5 Å². The summed E-state index contributed by atoms with van der Waals surface area (Å²) in [7, 11) is 0. The van der Waals surface area contributed by atoms with E-state index in [4.69, 9.17) is 16.7 Å². The summed E-state index contributed by atoms with van der Waals surface area (Å²) in [5.41, 5.74) is 11.9. The van der Waals surface area contributed by atoms with E-state index in [-0.39, 0.29) is 5.56 Å². The van der Waals surface area contributed by atoms with Crippen molar-refractivity contribution in [2.45, 2.75) is 24.9 Å². The van der Waals surface area contributed by atoms with E-state index in [0.29, 0.717) is 16.8 Å². The van der Waals surface area contributed by atoms with Gasteiger partial charge in [0.05, 0.1) is 0 Å². The van der Waals surface area contributed by atoms with Gasteiger partial charge in [0, 0.05) is 22.4 Å². The van der Waals surface area contributed by atoms with Gasteiger partial charge in [-0.3, -0.25) is 14.8 Å². The van der Waals surface area contributed by atoms with Crippen LogP contribution in [0, 0.1) is 23.7 Å². The highest BCUT2D eigenvalue weighted by atomic mass is 19.3. The van der Waals surface area contributed by atoms with Crippen LogP contribution in [0.3, 0.4) is 0 Å². The average Bonchev–Trinajstić information content (AvgIpc) is 2.75. The van der Waals surface area contributed by atoms with Crippen LogP contribution in [0.5, 0.6) is 0 Å². The Kier molecular flexibility index (Phi) is 7.70. The van der Waals surface area contributed by atoms with Crippen LogP contribution >= 0.6 is 0 Å². The summed E-state index contributed by atoms with van der Waals surface area (Å²) >= 11 is 0. The van der Waals surface area contributed by atoms with Crippen LogP contribution in [0.1, 0.15) is 28.4 Å². The Bertz CT molecular complexity index is 1080. The summed E-state index contributed by atoms with van der Waals surface area (Å²) in [5, 5.41) is 10.9. The lowest BCUT2D eigenvalue weighted by Crippen LogP contribution is -2.66. The normalized spacial score (nSPS) is 13.0. The number of carbonyl (C=O) groups is 2. The molecule has 0 fully saturated rings. The van der Waals surface area contributed by atoms with Crippen molar-refractivity contribution in [1.29, 1.82) is 0 Å². The van der Waals surface area contributed by atoms with E-state index >= 15 is 0 Å². The molecular formula is C22H20F2N4O3. The number of rotatable bonds is 5. The van der Waals surface area contributed by atoms with Gasteiger partial charge >= 0.3 is 0 Å². The zero-order valence-electron chi connectivity index (χ0n) is 16.4. The summed E-state index contributed by atoms with van der Waals surface area (Å²) in [6, 6.07) is 11.1. The number of halogens is 2. The molecule has 2 amide bonds. The first-order valence-corrected chi connectivity index (χ1v) is 8.95. The molecule has 2 rings (SSSR count). The van der Waals surface area contributed by atoms with E-state index < -0.39 is 29.8 Å². The smallest absolute Gasteiger partial charge is 0.268 e. The van der Waals surface area contributed by atoms with E-state index in [1.54, 1.807) is 24.3 Å². The first-order chi connectivity index (χ1) is 14.7. The Morgan fingerprint density at radius 3 is 2.26 bits per heavy atom. The number of nitrogens with two attached hydrogens (primary N) is 2. The number of hydrogen-bond donors (Lipinski definition) is 5. The third-order valence-electron chi connectivity index (χ3n) is 4.31. The van der Waals surface area contributed by atoms with Crippen LogP contribution < -0.4 is 22.3 Å². The van der Waals surface area contributed by atoms with Crippen LogP contribution in [0.2, 0.25) is 0 Å². The van der Waals surface area contributed by atoms with Crippen LogP contribution in [0.15, 0.2) is 48.5 Å². The highest BCUT2D eigenvalue weighted by Crippen LogP contribution is 2.18. The van der Waals surface area contributed by atoms with Crippen LogP contribution in [-0.4, -0.2) is 35.0 Å². The Balaban J connectivity index is 2.12. The largest absolute Gasteiger partial charge is 0.398 e. The zero-order chi connectivity index (χ0) is 23.0. The monoisotopic (exact) mass is 426 g/mol. The fourth-order valence-corrected chi connectivity index (χ4v) is 2.43. The second-order valence-corrected chi connectivity index (χ2v) is 6.71. The molecule has 0 aliphatic heterocycles. The number of para-hydroxylation sites is 1. The third kappa shape index (κ3) is 6.03. The molecule has 2 aromatic rings. The Hall–Kier alpha value is -3.92. The number of hydroxylamine groups is 1. The minimum atomic E-state index is -3.14. The number of nitrogens with one attached hydrogen (secondary N) is 2. The molecule has 2 atom stereocenters. The quantitative estimate of drug-likeness (QED) is 0.213. The molecule has 31 heavy (non-hydrogen) atoms. The van der Waals surface area contributed by atoms with Gasteiger partial charge in [-0.15, -0.1) is 0 Å². The minimum Gasteiger partial charge on any atom is -0.398 e. The lowest BCUT2D eigenvalue weighted by molar-refractivity contribution is -0.134. The number of amides is 2.